The minimum Gasteiger partial charge on any atom is -0.339 e. The van der Waals surface area contributed by atoms with Gasteiger partial charge in [-0.2, -0.15) is 0 Å². The maximum atomic E-state index is 4.47. The Bertz CT molecular complexity index is 425. The highest BCUT2D eigenvalue weighted by atomic mass is 15.0. The Balaban J connectivity index is 2.04. The first kappa shape index (κ1) is 7.91. The van der Waals surface area contributed by atoms with Crippen LogP contribution in [-0.4, -0.2) is 19.9 Å². The number of imidazole rings is 1. The summed E-state index contributed by atoms with van der Waals surface area (Å²) in [5, 5.41) is 0. The molecule has 0 bridgehead atoms. The van der Waals surface area contributed by atoms with Crippen LogP contribution < -0.4 is 0 Å². The third-order valence-electron chi connectivity index (χ3n) is 2.94. The lowest BCUT2D eigenvalue weighted by Crippen LogP contribution is -1.97. The minimum absolute atomic E-state index is 0.532. The Morgan fingerprint density at radius 3 is 3.07 bits per heavy atom. The van der Waals surface area contributed by atoms with Crippen LogP contribution in [0.4, 0.5) is 0 Å². The summed E-state index contributed by atoms with van der Waals surface area (Å²) in [4.78, 5) is 15.8. The Kier molecular flexibility index (Phi) is 1.56. The van der Waals surface area contributed by atoms with Gasteiger partial charge < -0.3 is 4.98 Å². The minimum atomic E-state index is 0.532. The SMILES string of the molecule is CC(c1nc2ncncc2[nH]1)C1CC1. The summed E-state index contributed by atoms with van der Waals surface area (Å²) in [5.41, 5.74) is 1.72. The van der Waals surface area contributed by atoms with Crippen molar-refractivity contribution in [3.05, 3.63) is 18.3 Å². The van der Waals surface area contributed by atoms with E-state index in [4.69, 9.17) is 0 Å². The average Bonchev–Trinajstić information content (AvgIpc) is 2.95. The van der Waals surface area contributed by atoms with Gasteiger partial charge in [0, 0.05) is 5.92 Å². The lowest BCUT2D eigenvalue weighted by molar-refractivity contribution is 0.630. The Labute approximate surface area is 81.8 Å². The van der Waals surface area contributed by atoms with Crippen LogP contribution in [0.15, 0.2) is 12.5 Å². The molecular formula is C10H12N4. The molecule has 0 aromatic carbocycles. The summed E-state index contributed by atoms with van der Waals surface area (Å²) < 4.78 is 0. The standard InChI is InChI=1S/C10H12N4/c1-6(7-2-3-7)9-13-8-4-11-5-12-10(8)14-9/h4-7H,2-3H2,1H3,(H,11,12,13,14). The molecule has 0 saturated heterocycles. The molecule has 2 heterocycles. The molecule has 1 atom stereocenters. The zero-order valence-electron chi connectivity index (χ0n) is 8.07. The van der Waals surface area contributed by atoms with Gasteiger partial charge in [0.1, 0.15) is 17.7 Å². The molecular weight excluding hydrogens is 176 g/mol. The smallest absolute Gasteiger partial charge is 0.180 e. The van der Waals surface area contributed by atoms with E-state index < -0.39 is 0 Å². The molecule has 0 amide bonds. The molecule has 72 valence electrons. The van der Waals surface area contributed by atoms with Crippen molar-refractivity contribution < 1.29 is 0 Å². The van der Waals surface area contributed by atoms with Crippen LogP contribution in [0.1, 0.15) is 31.5 Å². The molecule has 0 spiro atoms. The van der Waals surface area contributed by atoms with Crippen molar-refractivity contribution in [2.75, 3.05) is 0 Å². The number of fused-ring (bicyclic) bond motifs is 1. The van der Waals surface area contributed by atoms with Crippen LogP contribution in [0.3, 0.4) is 0 Å². The average molecular weight is 188 g/mol. The third-order valence-corrected chi connectivity index (χ3v) is 2.94. The van der Waals surface area contributed by atoms with E-state index in [-0.39, 0.29) is 0 Å². The van der Waals surface area contributed by atoms with Gasteiger partial charge in [-0.05, 0) is 18.8 Å². The van der Waals surface area contributed by atoms with E-state index in [1.54, 1.807) is 6.20 Å². The second-order valence-corrected chi connectivity index (χ2v) is 4.01. The number of aromatic nitrogens is 4. The molecule has 1 saturated carbocycles. The summed E-state index contributed by atoms with van der Waals surface area (Å²) in [5.74, 6) is 2.41. The molecule has 2 aromatic rings. The number of aromatic amines is 1. The number of hydrogen-bond donors (Lipinski definition) is 1. The number of rotatable bonds is 2. The largest absolute Gasteiger partial charge is 0.339 e. The quantitative estimate of drug-likeness (QED) is 0.782. The van der Waals surface area contributed by atoms with Crippen LogP contribution in [0.2, 0.25) is 0 Å². The van der Waals surface area contributed by atoms with Gasteiger partial charge in [0.15, 0.2) is 5.65 Å². The predicted octanol–water partition coefficient (Wildman–Crippen LogP) is 1.87. The van der Waals surface area contributed by atoms with Gasteiger partial charge >= 0.3 is 0 Å². The molecule has 2 aromatic heterocycles. The van der Waals surface area contributed by atoms with Crippen molar-refractivity contribution in [1.82, 2.24) is 19.9 Å². The van der Waals surface area contributed by atoms with Crippen LogP contribution in [0.5, 0.6) is 0 Å². The molecule has 14 heavy (non-hydrogen) atoms. The second-order valence-electron chi connectivity index (χ2n) is 4.01. The number of nitrogens with zero attached hydrogens (tertiary/aromatic N) is 3. The van der Waals surface area contributed by atoms with Crippen LogP contribution >= 0.6 is 0 Å². The van der Waals surface area contributed by atoms with E-state index in [0.717, 1.165) is 22.9 Å². The van der Waals surface area contributed by atoms with Crippen molar-refractivity contribution >= 4 is 11.2 Å². The van der Waals surface area contributed by atoms with E-state index in [0.29, 0.717) is 5.92 Å². The van der Waals surface area contributed by atoms with E-state index in [1.807, 2.05) is 0 Å². The van der Waals surface area contributed by atoms with Gasteiger partial charge in [0.2, 0.25) is 0 Å². The fourth-order valence-electron chi connectivity index (χ4n) is 1.82. The Hall–Kier alpha value is -1.45. The molecule has 0 aliphatic heterocycles. The second kappa shape index (κ2) is 2.77. The topological polar surface area (TPSA) is 54.5 Å². The molecule has 1 fully saturated rings. The lowest BCUT2D eigenvalue weighted by atomic mass is 10.1. The van der Waals surface area contributed by atoms with Gasteiger partial charge in [-0.3, -0.25) is 0 Å². The van der Waals surface area contributed by atoms with Gasteiger partial charge in [0.05, 0.1) is 6.20 Å². The number of H-pyrrole nitrogens is 1. The van der Waals surface area contributed by atoms with Gasteiger partial charge in [-0.25, -0.2) is 15.0 Å². The fourth-order valence-corrected chi connectivity index (χ4v) is 1.82. The predicted molar refractivity (Wildman–Crippen MR) is 52.8 cm³/mol. The molecule has 1 aliphatic carbocycles. The monoisotopic (exact) mass is 188 g/mol. The molecule has 1 N–H and O–H groups in total. The summed E-state index contributed by atoms with van der Waals surface area (Å²) >= 11 is 0. The first-order valence-electron chi connectivity index (χ1n) is 5.00. The first-order chi connectivity index (χ1) is 6.84. The third kappa shape index (κ3) is 1.18. The normalized spacial score (nSPS) is 18.6. The van der Waals surface area contributed by atoms with Crippen molar-refractivity contribution in [1.29, 1.82) is 0 Å². The lowest BCUT2D eigenvalue weighted by Gasteiger charge is -2.03. The zero-order valence-corrected chi connectivity index (χ0v) is 8.07. The fraction of sp³-hybridized carbons (Fsp3) is 0.500. The van der Waals surface area contributed by atoms with Crippen LogP contribution in [0.25, 0.3) is 11.2 Å². The Morgan fingerprint density at radius 2 is 2.36 bits per heavy atom. The van der Waals surface area contributed by atoms with Crippen molar-refractivity contribution in [2.24, 2.45) is 5.92 Å². The molecule has 4 heteroatoms. The summed E-state index contributed by atoms with van der Waals surface area (Å²) in [6.07, 6.45) is 5.99. The van der Waals surface area contributed by atoms with E-state index in [2.05, 4.69) is 26.9 Å². The van der Waals surface area contributed by atoms with E-state index >= 15 is 0 Å². The Morgan fingerprint density at radius 1 is 1.50 bits per heavy atom. The van der Waals surface area contributed by atoms with Crippen molar-refractivity contribution in [2.45, 2.75) is 25.7 Å². The van der Waals surface area contributed by atoms with E-state index in [9.17, 15) is 0 Å². The maximum absolute atomic E-state index is 4.47. The number of hydrogen-bond acceptors (Lipinski definition) is 3. The van der Waals surface area contributed by atoms with Gasteiger partial charge in [-0.15, -0.1) is 0 Å². The maximum Gasteiger partial charge on any atom is 0.180 e. The highest BCUT2D eigenvalue weighted by Gasteiger charge is 2.30. The molecule has 3 rings (SSSR count). The summed E-state index contributed by atoms with van der Waals surface area (Å²) in [6.45, 7) is 2.23. The zero-order chi connectivity index (χ0) is 9.54. The first-order valence-corrected chi connectivity index (χ1v) is 5.00. The highest BCUT2D eigenvalue weighted by Crippen LogP contribution is 2.41. The van der Waals surface area contributed by atoms with Crippen molar-refractivity contribution in [3.63, 3.8) is 0 Å². The molecule has 1 aliphatic rings. The van der Waals surface area contributed by atoms with Gasteiger partial charge in [0.25, 0.3) is 0 Å². The molecule has 0 radical (unpaired) electrons. The summed E-state index contributed by atoms with van der Waals surface area (Å²) in [7, 11) is 0. The van der Waals surface area contributed by atoms with Crippen LogP contribution in [-0.2, 0) is 0 Å². The molecule has 1 unspecified atom stereocenters. The molecule has 4 nitrogen and oxygen atoms in total. The van der Waals surface area contributed by atoms with Gasteiger partial charge in [-0.1, -0.05) is 6.92 Å². The van der Waals surface area contributed by atoms with Crippen molar-refractivity contribution in [3.8, 4) is 0 Å². The van der Waals surface area contributed by atoms with E-state index in [1.165, 1.54) is 19.2 Å². The van der Waals surface area contributed by atoms with Crippen LogP contribution in [0, 0.1) is 5.92 Å². The summed E-state index contributed by atoms with van der Waals surface area (Å²) in [6, 6.07) is 0. The highest BCUT2D eigenvalue weighted by molar-refractivity contribution is 5.68. The number of nitrogens with one attached hydrogen (secondary N) is 1.